The van der Waals surface area contributed by atoms with Crippen LogP contribution in [0.25, 0.3) is 0 Å². The zero-order valence-electron chi connectivity index (χ0n) is 13.3. The van der Waals surface area contributed by atoms with Crippen molar-refractivity contribution in [3.8, 4) is 0 Å². The largest absolute Gasteiger partial charge is 0.314 e. The van der Waals surface area contributed by atoms with Crippen molar-refractivity contribution in [1.29, 1.82) is 0 Å². The smallest absolute Gasteiger partial charge is 0.00951 e. The molecule has 1 N–H and O–H groups in total. The molecule has 2 unspecified atom stereocenters. The molecule has 0 aromatic carbocycles. The quantitative estimate of drug-likeness (QED) is 0.639. The van der Waals surface area contributed by atoms with E-state index >= 15 is 0 Å². The Labute approximate surface area is 110 Å². The first kappa shape index (κ1) is 17.0. The lowest BCUT2D eigenvalue weighted by atomic mass is 9.84. The molecule has 0 saturated heterocycles. The molecule has 1 heteroatoms. The molecule has 0 rings (SSSR count). The summed E-state index contributed by atoms with van der Waals surface area (Å²) in [6.07, 6.45) is 5.25. The lowest BCUT2D eigenvalue weighted by Gasteiger charge is -2.29. The van der Waals surface area contributed by atoms with Crippen LogP contribution in [0.3, 0.4) is 0 Å². The van der Waals surface area contributed by atoms with E-state index in [9.17, 15) is 0 Å². The van der Waals surface area contributed by atoms with E-state index in [2.05, 4.69) is 53.8 Å². The van der Waals surface area contributed by atoms with E-state index in [1.807, 2.05) is 0 Å². The summed E-state index contributed by atoms with van der Waals surface area (Å²) in [5.41, 5.74) is 0.483. The molecule has 17 heavy (non-hydrogen) atoms. The Morgan fingerprint density at radius 3 is 2.06 bits per heavy atom. The van der Waals surface area contributed by atoms with E-state index < -0.39 is 0 Å². The molecule has 0 radical (unpaired) electrons. The van der Waals surface area contributed by atoms with Crippen LogP contribution in [0.1, 0.15) is 74.1 Å². The summed E-state index contributed by atoms with van der Waals surface area (Å²) in [4.78, 5) is 0. The molecule has 0 aliphatic heterocycles. The van der Waals surface area contributed by atoms with Crippen LogP contribution in [0.4, 0.5) is 0 Å². The third-order valence-electron chi connectivity index (χ3n) is 3.78. The molecule has 104 valence electrons. The van der Waals surface area contributed by atoms with Gasteiger partial charge in [-0.2, -0.15) is 0 Å². The fourth-order valence-corrected chi connectivity index (χ4v) is 2.20. The van der Waals surface area contributed by atoms with Gasteiger partial charge in [0, 0.05) is 6.04 Å². The second kappa shape index (κ2) is 8.13. The van der Waals surface area contributed by atoms with Crippen LogP contribution in [0.5, 0.6) is 0 Å². The van der Waals surface area contributed by atoms with Crippen molar-refractivity contribution in [1.82, 2.24) is 5.32 Å². The van der Waals surface area contributed by atoms with Crippen molar-refractivity contribution in [2.45, 2.75) is 80.2 Å². The van der Waals surface area contributed by atoms with Crippen LogP contribution < -0.4 is 5.32 Å². The first-order valence-electron chi connectivity index (χ1n) is 7.51. The highest BCUT2D eigenvalue weighted by atomic mass is 14.9. The first-order chi connectivity index (χ1) is 7.78. The summed E-state index contributed by atoms with van der Waals surface area (Å²) in [7, 11) is 0. The molecule has 0 aromatic heterocycles. The summed E-state index contributed by atoms with van der Waals surface area (Å²) < 4.78 is 0. The molecule has 0 aliphatic carbocycles. The van der Waals surface area contributed by atoms with Crippen LogP contribution in [0.2, 0.25) is 0 Å². The van der Waals surface area contributed by atoms with E-state index in [-0.39, 0.29) is 0 Å². The predicted octanol–water partition coefficient (Wildman–Crippen LogP) is 4.86. The summed E-state index contributed by atoms with van der Waals surface area (Å²) in [6.45, 7) is 17.5. The number of nitrogens with one attached hydrogen (secondary N) is 1. The van der Waals surface area contributed by atoms with Crippen molar-refractivity contribution in [2.75, 3.05) is 6.54 Å². The number of hydrogen-bond acceptors (Lipinski definition) is 1. The van der Waals surface area contributed by atoms with Gasteiger partial charge in [-0.3, -0.25) is 0 Å². The molecule has 0 fully saturated rings. The Bertz CT molecular complexity index is 178. The number of rotatable bonds is 8. The van der Waals surface area contributed by atoms with E-state index in [1.54, 1.807) is 0 Å². The Morgan fingerprint density at radius 2 is 1.65 bits per heavy atom. The van der Waals surface area contributed by atoms with Gasteiger partial charge in [0.15, 0.2) is 0 Å². The minimum absolute atomic E-state index is 0.483. The van der Waals surface area contributed by atoms with Gasteiger partial charge in [0.1, 0.15) is 0 Å². The highest BCUT2D eigenvalue weighted by Gasteiger charge is 2.20. The van der Waals surface area contributed by atoms with E-state index in [4.69, 9.17) is 0 Å². The van der Waals surface area contributed by atoms with Crippen LogP contribution in [0.15, 0.2) is 0 Å². The fourth-order valence-electron chi connectivity index (χ4n) is 2.20. The van der Waals surface area contributed by atoms with Crippen LogP contribution in [-0.4, -0.2) is 12.6 Å². The Hall–Kier alpha value is -0.0400. The minimum atomic E-state index is 0.483. The predicted molar refractivity (Wildman–Crippen MR) is 79.4 cm³/mol. The maximum atomic E-state index is 3.74. The highest BCUT2D eigenvalue weighted by molar-refractivity contribution is 4.76. The monoisotopic (exact) mass is 241 g/mol. The van der Waals surface area contributed by atoms with Crippen molar-refractivity contribution >= 4 is 0 Å². The Balaban J connectivity index is 4.10. The van der Waals surface area contributed by atoms with Crippen molar-refractivity contribution in [2.24, 2.45) is 17.3 Å². The minimum Gasteiger partial charge on any atom is -0.314 e. The van der Waals surface area contributed by atoms with Crippen LogP contribution in [-0.2, 0) is 0 Å². The van der Waals surface area contributed by atoms with Gasteiger partial charge >= 0.3 is 0 Å². The Kier molecular flexibility index (Phi) is 8.11. The van der Waals surface area contributed by atoms with Gasteiger partial charge in [-0.1, -0.05) is 54.9 Å². The lowest BCUT2D eigenvalue weighted by Crippen LogP contribution is -2.37. The van der Waals surface area contributed by atoms with Gasteiger partial charge in [-0.15, -0.1) is 0 Å². The highest BCUT2D eigenvalue weighted by Crippen LogP contribution is 2.25. The van der Waals surface area contributed by atoms with Crippen molar-refractivity contribution in [3.05, 3.63) is 0 Å². The van der Waals surface area contributed by atoms with Crippen molar-refractivity contribution < 1.29 is 0 Å². The third-order valence-corrected chi connectivity index (χ3v) is 3.78. The molecule has 1 nitrogen and oxygen atoms in total. The van der Waals surface area contributed by atoms with E-state index in [0.717, 1.165) is 18.4 Å². The average Bonchev–Trinajstić information content (AvgIpc) is 2.20. The van der Waals surface area contributed by atoms with Gasteiger partial charge in [0.25, 0.3) is 0 Å². The topological polar surface area (TPSA) is 12.0 Å². The van der Waals surface area contributed by atoms with Gasteiger partial charge in [0.2, 0.25) is 0 Å². The molecule has 2 atom stereocenters. The molecule has 0 aromatic rings. The molecule has 0 saturated carbocycles. The fraction of sp³-hybridized carbons (Fsp3) is 1.00. The Morgan fingerprint density at radius 1 is 1.06 bits per heavy atom. The third kappa shape index (κ3) is 8.65. The van der Waals surface area contributed by atoms with Gasteiger partial charge in [0.05, 0.1) is 0 Å². The molecule has 0 heterocycles. The molecule has 0 amide bonds. The second-order valence-corrected chi connectivity index (χ2v) is 7.12. The maximum absolute atomic E-state index is 3.74. The summed E-state index contributed by atoms with van der Waals surface area (Å²) in [6, 6.07) is 0.706. The lowest BCUT2D eigenvalue weighted by molar-refractivity contribution is 0.264. The molecular formula is C16H35N. The van der Waals surface area contributed by atoms with Crippen molar-refractivity contribution in [3.63, 3.8) is 0 Å². The van der Waals surface area contributed by atoms with Gasteiger partial charge in [-0.25, -0.2) is 0 Å². The zero-order chi connectivity index (χ0) is 13.5. The number of hydrogen-bond donors (Lipinski definition) is 1. The zero-order valence-corrected chi connectivity index (χ0v) is 13.3. The average molecular weight is 241 g/mol. The summed E-state index contributed by atoms with van der Waals surface area (Å²) in [5.74, 6) is 1.56. The standard InChI is InChI=1S/C16H35N/c1-8-12-17-15(14(4)13(2)3)10-9-11-16(5,6)7/h13-15,17H,8-12H2,1-7H3. The van der Waals surface area contributed by atoms with E-state index in [1.165, 1.54) is 25.7 Å². The normalized spacial score (nSPS) is 16.2. The van der Waals surface area contributed by atoms with Gasteiger partial charge < -0.3 is 5.32 Å². The molecule has 0 bridgehead atoms. The molecular weight excluding hydrogens is 206 g/mol. The maximum Gasteiger partial charge on any atom is 0.00951 e. The van der Waals surface area contributed by atoms with Crippen LogP contribution in [0, 0.1) is 17.3 Å². The molecule has 0 aliphatic rings. The SMILES string of the molecule is CCCNC(CCCC(C)(C)C)C(C)C(C)C. The second-order valence-electron chi connectivity index (χ2n) is 7.12. The van der Waals surface area contributed by atoms with E-state index in [0.29, 0.717) is 11.5 Å². The first-order valence-corrected chi connectivity index (χ1v) is 7.51. The summed E-state index contributed by atoms with van der Waals surface area (Å²) in [5, 5.41) is 3.74. The summed E-state index contributed by atoms with van der Waals surface area (Å²) >= 11 is 0. The van der Waals surface area contributed by atoms with Crippen LogP contribution >= 0.6 is 0 Å². The van der Waals surface area contributed by atoms with Gasteiger partial charge in [-0.05, 0) is 43.1 Å². The molecule has 0 spiro atoms.